The Morgan fingerprint density at radius 2 is 1.35 bits per heavy atom. The molecule has 11 heteroatoms. The van der Waals surface area contributed by atoms with Gasteiger partial charge in [-0.3, -0.25) is 4.57 Å². The molecular formula is C29H33N4O6P. The molecule has 1 aromatic heterocycles. The maximum Gasteiger partial charge on any atom is 0.408 e. The number of rotatable bonds is 9. The number of benzene rings is 3. The summed E-state index contributed by atoms with van der Waals surface area (Å²) in [5.41, 5.74) is 0.752. The van der Waals surface area contributed by atoms with E-state index in [-0.39, 0.29) is 5.82 Å². The minimum absolute atomic E-state index is 0.0426. The second-order valence-corrected chi connectivity index (χ2v) is 12.1. The summed E-state index contributed by atoms with van der Waals surface area (Å²) in [6.45, 7) is 5.03. The molecule has 10 nitrogen and oxygen atoms in total. The van der Waals surface area contributed by atoms with Crippen LogP contribution in [-0.2, 0) is 14.8 Å². The van der Waals surface area contributed by atoms with Crippen molar-refractivity contribution in [2.24, 2.45) is 0 Å². The van der Waals surface area contributed by atoms with Crippen LogP contribution in [0.25, 0.3) is 0 Å². The maximum absolute atomic E-state index is 12.7. The topological polar surface area (TPSA) is 147 Å². The lowest BCUT2D eigenvalue weighted by atomic mass is 9.77. The van der Waals surface area contributed by atoms with Crippen molar-refractivity contribution >= 4 is 13.7 Å². The first-order valence-electron chi connectivity index (χ1n) is 12.7. The fourth-order valence-corrected chi connectivity index (χ4v) is 5.33. The first-order valence-corrected chi connectivity index (χ1v) is 14.5. The largest absolute Gasteiger partial charge is 0.444 e. The zero-order chi connectivity index (χ0) is 29.0. The van der Waals surface area contributed by atoms with Gasteiger partial charge in [-0.2, -0.15) is 5.10 Å². The van der Waals surface area contributed by atoms with Crippen LogP contribution >= 0.6 is 7.60 Å². The molecule has 210 valence electrons. The Labute approximate surface area is 232 Å². The van der Waals surface area contributed by atoms with E-state index in [1.165, 1.54) is 6.33 Å². The first-order chi connectivity index (χ1) is 18.9. The summed E-state index contributed by atoms with van der Waals surface area (Å²) in [5, 5.41) is 18.1. The molecule has 4 N–H and O–H groups in total. The normalized spacial score (nSPS) is 13.8. The van der Waals surface area contributed by atoms with Gasteiger partial charge in [0.15, 0.2) is 5.82 Å². The second-order valence-electron chi connectivity index (χ2n) is 10.4. The van der Waals surface area contributed by atoms with Crippen LogP contribution in [0.15, 0.2) is 97.3 Å². The molecule has 40 heavy (non-hydrogen) atoms. The van der Waals surface area contributed by atoms with Crippen molar-refractivity contribution < 1.29 is 29.0 Å². The smallest absolute Gasteiger partial charge is 0.408 e. The quantitative estimate of drug-likeness (QED) is 0.175. The van der Waals surface area contributed by atoms with Gasteiger partial charge in [-0.25, -0.2) is 14.5 Å². The average Bonchev–Trinajstić information content (AvgIpc) is 3.38. The summed E-state index contributed by atoms with van der Waals surface area (Å²) in [6.07, 6.45) is -2.03. The van der Waals surface area contributed by atoms with Gasteiger partial charge in [0.25, 0.3) is 0 Å². The fourth-order valence-electron chi connectivity index (χ4n) is 4.63. The summed E-state index contributed by atoms with van der Waals surface area (Å²) in [4.78, 5) is 36.2. The van der Waals surface area contributed by atoms with E-state index in [0.29, 0.717) is 0 Å². The van der Waals surface area contributed by atoms with Crippen LogP contribution in [0.4, 0.5) is 4.79 Å². The van der Waals surface area contributed by atoms with Gasteiger partial charge in [0, 0.05) is 0 Å². The van der Waals surface area contributed by atoms with E-state index in [9.17, 15) is 24.3 Å². The zero-order valence-electron chi connectivity index (χ0n) is 22.5. The van der Waals surface area contributed by atoms with Gasteiger partial charge in [0.05, 0.1) is 12.3 Å². The number of hydrogen-bond donors (Lipinski definition) is 4. The Bertz CT molecular complexity index is 1360. The zero-order valence-corrected chi connectivity index (χ0v) is 23.3. The van der Waals surface area contributed by atoms with E-state index >= 15 is 0 Å². The molecule has 0 aliphatic heterocycles. The van der Waals surface area contributed by atoms with Crippen molar-refractivity contribution in [3.8, 4) is 0 Å². The van der Waals surface area contributed by atoms with Crippen molar-refractivity contribution in [1.82, 2.24) is 20.1 Å². The Morgan fingerprint density at radius 3 is 1.75 bits per heavy atom. The van der Waals surface area contributed by atoms with Crippen LogP contribution in [0.3, 0.4) is 0 Å². The number of carbonyl (C=O) groups excluding carboxylic acids is 1. The van der Waals surface area contributed by atoms with Gasteiger partial charge in [0.1, 0.15) is 23.5 Å². The summed E-state index contributed by atoms with van der Waals surface area (Å²) >= 11 is 0. The molecule has 1 amide bonds. The minimum Gasteiger partial charge on any atom is -0.444 e. The molecule has 2 unspecified atom stereocenters. The van der Waals surface area contributed by atoms with Gasteiger partial charge in [0.2, 0.25) is 0 Å². The highest BCUT2D eigenvalue weighted by molar-refractivity contribution is 7.51. The molecule has 0 bridgehead atoms. The number of nitrogens with one attached hydrogen (secondary N) is 1. The number of aliphatic hydroxyl groups excluding tert-OH is 1. The molecule has 0 saturated heterocycles. The number of ether oxygens (including phenoxy) is 1. The molecule has 2 atom stereocenters. The lowest BCUT2D eigenvalue weighted by Crippen LogP contribution is -2.42. The van der Waals surface area contributed by atoms with Crippen molar-refractivity contribution in [2.75, 3.05) is 6.16 Å². The molecule has 0 spiro atoms. The third-order valence-electron chi connectivity index (χ3n) is 6.19. The molecule has 4 rings (SSSR count). The lowest BCUT2D eigenvalue weighted by Gasteiger charge is -2.36. The highest BCUT2D eigenvalue weighted by atomic mass is 31.2. The molecule has 1 heterocycles. The predicted octanol–water partition coefficient (Wildman–Crippen LogP) is 4.22. The second kappa shape index (κ2) is 11.7. The summed E-state index contributed by atoms with van der Waals surface area (Å²) in [6, 6.07) is 27.7. The van der Waals surface area contributed by atoms with Crippen LogP contribution < -0.4 is 5.32 Å². The Hall–Kier alpha value is -3.82. The maximum atomic E-state index is 12.7. The SMILES string of the molecule is CC(C)(C)OC(=O)NC(c1ncn(C(c2ccccc2)(c2ccccc2)c2ccccc2)n1)C(O)CP(=O)(O)O. The Morgan fingerprint density at radius 1 is 0.900 bits per heavy atom. The first kappa shape index (κ1) is 29.2. The van der Waals surface area contributed by atoms with Crippen molar-refractivity contribution in [1.29, 1.82) is 0 Å². The van der Waals surface area contributed by atoms with Gasteiger partial charge >= 0.3 is 13.7 Å². The number of amides is 1. The monoisotopic (exact) mass is 564 g/mol. The third-order valence-corrected chi connectivity index (χ3v) is 7.04. The van der Waals surface area contributed by atoms with Crippen molar-refractivity contribution in [3.63, 3.8) is 0 Å². The number of hydrogen-bond acceptors (Lipinski definition) is 6. The van der Waals surface area contributed by atoms with E-state index < -0.39 is 43.1 Å². The van der Waals surface area contributed by atoms with Gasteiger partial charge < -0.3 is 24.9 Å². The van der Waals surface area contributed by atoms with E-state index in [1.54, 1.807) is 25.5 Å². The number of carbonyl (C=O) groups is 1. The molecule has 0 fully saturated rings. The van der Waals surface area contributed by atoms with E-state index in [4.69, 9.17) is 9.84 Å². The molecule has 0 aliphatic carbocycles. The molecule has 0 aliphatic rings. The van der Waals surface area contributed by atoms with Crippen molar-refractivity contribution in [2.45, 2.75) is 44.1 Å². The molecule has 3 aromatic carbocycles. The van der Waals surface area contributed by atoms with E-state index in [0.717, 1.165) is 16.7 Å². The Kier molecular flexibility index (Phi) is 8.56. The summed E-state index contributed by atoms with van der Waals surface area (Å²) in [5.74, 6) is -0.0426. The van der Waals surface area contributed by atoms with Gasteiger partial charge in [-0.1, -0.05) is 91.0 Å². The standard InChI is InChI=1S/C29H33N4O6P/c1-28(2,3)39-27(35)31-25(24(34)19-40(36,37)38)26-30-20-33(32-26)29(21-13-7-4-8-14-21,22-15-9-5-10-16-22)23-17-11-6-12-18-23/h4-18,20,24-25,34H,19H2,1-3H3,(H,31,35)(H2,36,37,38). The summed E-state index contributed by atoms with van der Waals surface area (Å²) in [7, 11) is -4.65. The average molecular weight is 565 g/mol. The number of aliphatic hydroxyl groups is 1. The lowest BCUT2D eigenvalue weighted by molar-refractivity contribution is 0.0427. The predicted molar refractivity (Wildman–Crippen MR) is 150 cm³/mol. The highest BCUT2D eigenvalue weighted by Crippen LogP contribution is 2.41. The number of alkyl carbamates (subject to hydrolysis) is 1. The molecular weight excluding hydrogens is 531 g/mol. The van der Waals surface area contributed by atoms with E-state index in [1.807, 2.05) is 91.0 Å². The number of nitrogens with zero attached hydrogens (tertiary/aromatic N) is 3. The van der Waals surface area contributed by atoms with Crippen LogP contribution in [0.5, 0.6) is 0 Å². The molecule has 0 radical (unpaired) electrons. The van der Waals surface area contributed by atoms with Gasteiger partial charge in [-0.15, -0.1) is 0 Å². The molecule has 0 saturated carbocycles. The summed E-state index contributed by atoms with van der Waals surface area (Å²) < 4.78 is 18.7. The highest BCUT2D eigenvalue weighted by Gasteiger charge is 2.41. The Balaban J connectivity index is 1.90. The minimum atomic E-state index is -4.65. The van der Waals surface area contributed by atoms with Crippen LogP contribution in [-0.4, -0.2) is 53.6 Å². The van der Waals surface area contributed by atoms with Crippen LogP contribution in [0, 0.1) is 0 Å². The number of aromatic nitrogens is 3. The third kappa shape index (κ3) is 6.66. The fraction of sp³-hybridized carbons (Fsp3) is 0.276. The molecule has 4 aromatic rings. The van der Waals surface area contributed by atoms with Gasteiger partial charge in [-0.05, 0) is 37.5 Å². The van der Waals surface area contributed by atoms with Crippen LogP contribution in [0.1, 0.15) is 49.3 Å². The van der Waals surface area contributed by atoms with E-state index in [2.05, 4.69) is 10.3 Å². The van der Waals surface area contributed by atoms with Crippen molar-refractivity contribution in [3.05, 3.63) is 120 Å². The van der Waals surface area contributed by atoms with Crippen LogP contribution in [0.2, 0.25) is 0 Å².